The van der Waals surface area contributed by atoms with E-state index in [1.54, 1.807) is 0 Å². The lowest BCUT2D eigenvalue weighted by molar-refractivity contribution is -0.138. The van der Waals surface area contributed by atoms with Crippen molar-refractivity contribution >= 4 is 5.91 Å². The normalized spacial score (nSPS) is 11.4. The number of alkyl halides is 3. The van der Waals surface area contributed by atoms with Crippen LogP contribution in [0.25, 0.3) is 0 Å². The van der Waals surface area contributed by atoms with Crippen LogP contribution in [0.4, 0.5) is 17.6 Å². The van der Waals surface area contributed by atoms with E-state index in [1.165, 1.54) is 7.05 Å². The largest absolute Gasteiger partial charge is 0.417 e. The summed E-state index contributed by atoms with van der Waals surface area (Å²) in [7, 11) is 1.21. The van der Waals surface area contributed by atoms with Crippen LogP contribution in [0.15, 0.2) is 12.1 Å². The zero-order chi connectivity index (χ0) is 12.5. The van der Waals surface area contributed by atoms with E-state index in [9.17, 15) is 22.4 Å². The molecule has 0 aliphatic heterocycles. The number of carbonyl (C=O) groups excluding carboxylic acids is 1. The predicted molar refractivity (Wildman–Crippen MR) is 49.5 cm³/mol. The first-order valence-corrected chi connectivity index (χ1v) is 4.37. The van der Waals surface area contributed by atoms with Crippen molar-refractivity contribution in [3.63, 3.8) is 0 Å². The van der Waals surface area contributed by atoms with Crippen molar-refractivity contribution in [1.82, 2.24) is 5.32 Å². The number of rotatable bonds is 1. The Morgan fingerprint density at radius 1 is 1.31 bits per heavy atom. The van der Waals surface area contributed by atoms with E-state index in [1.807, 2.05) is 0 Å². The molecule has 6 heteroatoms. The lowest BCUT2D eigenvalue weighted by atomic mass is 10.0. The van der Waals surface area contributed by atoms with Gasteiger partial charge in [0.1, 0.15) is 5.82 Å². The summed E-state index contributed by atoms with van der Waals surface area (Å²) in [4.78, 5) is 11.2. The molecule has 1 aromatic rings. The van der Waals surface area contributed by atoms with Crippen LogP contribution in [-0.4, -0.2) is 13.0 Å². The van der Waals surface area contributed by atoms with E-state index in [2.05, 4.69) is 5.32 Å². The molecular weight excluding hydrogens is 226 g/mol. The lowest BCUT2D eigenvalue weighted by Gasteiger charge is -2.15. The number of carbonyl (C=O) groups is 1. The molecule has 0 saturated carbocycles. The Kier molecular flexibility index (Phi) is 3.21. The summed E-state index contributed by atoms with van der Waals surface area (Å²) < 4.78 is 50.9. The van der Waals surface area contributed by atoms with Crippen molar-refractivity contribution in [3.8, 4) is 0 Å². The molecule has 1 aromatic carbocycles. The molecule has 0 fully saturated rings. The summed E-state index contributed by atoms with van der Waals surface area (Å²) in [6, 6.07) is 1.67. The molecule has 88 valence electrons. The van der Waals surface area contributed by atoms with Crippen molar-refractivity contribution in [2.45, 2.75) is 13.1 Å². The Hall–Kier alpha value is -1.59. The molecule has 0 radical (unpaired) electrons. The van der Waals surface area contributed by atoms with Crippen molar-refractivity contribution in [3.05, 3.63) is 34.6 Å². The Bertz CT molecular complexity index is 426. The Morgan fingerprint density at radius 3 is 2.31 bits per heavy atom. The molecule has 1 amide bonds. The molecule has 0 saturated heterocycles. The topological polar surface area (TPSA) is 29.1 Å². The monoisotopic (exact) mass is 235 g/mol. The first kappa shape index (κ1) is 12.5. The number of benzene rings is 1. The van der Waals surface area contributed by atoms with Crippen LogP contribution < -0.4 is 5.32 Å². The second-order valence-corrected chi connectivity index (χ2v) is 3.17. The molecule has 16 heavy (non-hydrogen) atoms. The summed E-state index contributed by atoms with van der Waals surface area (Å²) in [5.74, 6) is -1.88. The van der Waals surface area contributed by atoms with E-state index in [0.29, 0.717) is 0 Å². The standard InChI is InChI=1S/C10H9F4NO/c1-5-7(11)4-3-6(9(16)15-2)8(5)10(12,13)14/h3-4H,1-2H3,(H,15,16). The number of nitrogens with one attached hydrogen (secondary N) is 1. The maximum Gasteiger partial charge on any atom is 0.417 e. The SMILES string of the molecule is CNC(=O)c1ccc(F)c(C)c1C(F)(F)F. The third kappa shape index (κ3) is 2.15. The van der Waals surface area contributed by atoms with E-state index in [0.717, 1.165) is 19.1 Å². The van der Waals surface area contributed by atoms with Crippen LogP contribution in [-0.2, 0) is 6.18 Å². The van der Waals surface area contributed by atoms with Gasteiger partial charge < -0.3 is 5.32 Å². The molecule has 0 unspecified atom stereocenters. The van der Waals surface area contributed by atoms with Gasteiger partial charge in [0.25, 0.3) is 5.91 Å². The van der Waals surface area contributed by atoms with Gasteiger partial charge in [-0.25, -0.2) is 4.39 Å². The van der Waals surface area contributed by atoms with Gasteiger partial charge in [0.2, 0.25) is 0 Å². The molecular formula is C10H9F4NO. The fourth-order valence-electron chi connectivity index (χ4n) is 1.38. The molecule has 1 N–H and O–H groups in total. The molecule has 0 aliphatic carbocycles. The second-order valence-electron chi connectivity index (χ2n) is 3.17. The van der Waals surface area contributed by atoms with Crippen molar-refractivity contribution < 1.29 is 22.4 Å². The summed E-state index contributed by atoms with van der Waals surface area (Å²) in [6.45, 7) is 0.991. The van der Waals surface area contributed by atoms with Gasteiger partial charge in [-0.05, 0) is 24.6 Å². The zero-order valence-electron chi connectivity index (χ0n) is 8.57. The highest BCUT2D eigenvalue weighted by molar-refractivity contribution is 5.96. The van der Waals surface area contributed by atoms with Gasteiger partial charge in [0.05, 0.1) is 11.1 Å². The average Bonchev–Trinajstić information content (AvgIpc) is 2.18. The quantitative estimate of drug-likeness (QED) is 0.744. The highest BCUT2D eigenvalue weighted by Gasteiger charge is 2.37. The Balaban J connectivity index is 3.52. The summed E-state index contributed by atoms with van der Waals surface area (Å²) in [5, 5.41) is 2.08. The number of amides is 1. The van der Waals surface area contributed by atoms with Gasteiger partial charge in [-0.15, -0.1) is 0 Å². The highest BCUT2D eigenvalue weighted by Crippen LogP contribution is 2.35. The van der Waals surface area contributed by atoms with Crippen LogP contribution in [0.3, 0.4) is 0 Å². The van der Waals surface area contributed by atoms with Gasteiger partial charge >= 0.3 is 6.18 Å². The maximum atomic E-state index is 13.0. The lowest BCUT2D eigenvalue weighted by Crippen LogP contribution is -2.23. The average molecular weight is 235 g/mol. The molecule has 2 nitrogen and oxygen atoms in total. The van der Waals surface area contributed by atoms with Gasteiger partial charge in [-0.3, -0.25) is 4.79 Å². The second kappa shape index (κ2) is 4.11. The minimum Gasteiger partial charge on any atom is -0.355 e. The van der Waals surface area contributed by atoms with E-state index >= 15 is 0 Å². The molecule has 0 spiro atoms. The maximum absolute atomic E-state index is 13.0. The van der Waals surface area contributed by atoms with E-state index < -0.39 is 34.6 Å². The third-order valence-corrected chi connectivity index (χ3v) is 2.15. The number of halogens is 4. The minimum atomic E-state index is -4.76. The van der Waals surface area contributed by atoms with Crippen LogP contribution >= 0.6 is 0 Å². The zero-order valence-corrected chi connectivity index (χ0v) is 8.57. The Morgan fingerprint density at radius 2 is 1.88 bits per heavy atom. The van der Waals surface area contributed by atoms with Crippen LogP contribution in [0, 0.1) is 12.7 Å². The van der Waals surface area contributed by atoms with Gasteiger partial charge in [0.15, 0.2) is 0 Å². The summed E-state index contributed by atoms with van der Waals surface area (Å²) in [6.07, 6.45) is -4.76. The van der Waals surface area contributed by atoms with Crippen molar-refractivity contribution in [2.24, 2.45) is 0 Å². The van der Waals surface area contributed by atoms with Crippen LogP contribution in [0.2, 0.25) is 0 Å². The fourth-order valence-corrected chi connectivity index (χ4v) is 1.38. The van der Waals surface area contributed by atoms with E-state index in [4.69, 9.17) is 0 Å². The van der Waals surface area contributed by atoms with Crippen LogP contribution in [0.1, 0.15) is 21.5 Å². The highest BCUT2D eigenvalue weighted by atomic mass is 19.4. The molecule has 0 aliphatic rings. The van der Waals surface area contributed by atoms with Crippen molar-refractivity contribution in [1.29, 1.82) is 0 Å². The molecule has 0 heterocycles. The van der Waals surface area contributed by atoms with Gasteiger partial charge in [-0.2, -0.15) is 13.2 Å². The predicted octanol–water partition coefficient (Wildman–Crippen LogP) is 2.51. The Labute approximate surface area is 89.3 Å². The first-order valence-electron chi connectivity index (χ1n) is 4.37. The molecule has 0 atom stereocenters. The summed E-state index contributed by atoms with van der Waals surface area (Å²) in [5.41, 5.74) is -2.38. The molecule has 1 rings (SSSR count). The summed E-state index contributed by atoms with van der Waals surface area (Å²) >= 11 is 0. The third-order valence-electron chi connectivity index (χ3n) is 2.15. The van der Waals surface area contributed by atoms with Crippen LogP contribution in [0.5, 0.6) is 0 Å². The van der Waals surface area contributed by atoms with E-state index in [-0.39, 0.29) is 0 Å². The minimum absolute atomic E-state index is 0.575. The number of hydrogen-bond donors (Lipinski definition) is 1. The first-order chi connectivity index (χ1) is 7.29. The number of hydrogen-bond acceptors (Lipinski definition) is 1. The van der Waals surface area contributed by atoms with Gasteiger partial charge in [-0.1, -0.05) is 0 Å². The molecule has 0 bridgehead atoms. The smallest absolute Gasteiger partial charge is 0.355 e. The van der Waals surface area contributed by atoms with Crippen molar-refractivity contribution in [2.75, 3.05) is 7.05 Å². The molecule has 0 aromatic heterocycles. The van der Waals surface area contributed by atoms with Gasteiger partial charge in [0, 0.05) is 7.05 Å². The fraction of sp³-hybridized carbons (Fsp3) is 0.300.